The molecule has 112 valence electrons. The molecule has 6 heteroatoms. The number of rotatable bonds is 6. The van der Waals surface area contributed by atoms with Gasteiger partial charge in [-0.2, -0.15) is 4.31 Å². The summed E-state index contributed by atoms with van der Waals surface area (Å²) >= 11 is 0. The number of hydrogen-bond acceptors (Lipinski definition) is 3. The summed E-state index contributed by atoms with van der Waals surface area (Å²) in [7, 11) is -3.79. The topological polar surface area (TPSA) is 74.7 Å². The molecule has 0 saturated heterocycles. The van der Waals surface area contributed by atoms with Crippen LogP contribution in [0.15, 0.2) is 23.1 Å². The number of aryl methyl sites for hydroxylation is 2. The molecule has 0 bridgehead atoms. The van der Waals surface area contributed by atoms with Gasteiger partial charge in [-0.15, -0.1) is 0 Å². The smallest absolute Gasteiger partial charge is 0.318 e. The van der Waals surface area contributed by atoms with Crippen molar-refractivity contribution < 1.29 is 18.3 Å². The number of nitrogens with zero attached hydrogens (tertiary/aromatic N) is 1. The molecular weight excluding hydrogens is 278 g/mol. The third-order valence-corrected chi connectivity index (χ3v) is 4.80. The Labute approximate surface area is 120 Å². The minimum atomic E-state index is -3.79. The normalized spacial score (nSPS) is 12.1. The molecule has 5 nitrogen and oxygen atoms in total. The molecule has 0 heterocycles. The number of sulfonamides is 1. The van der Waals surface area contributed by atoms with Crippen LogP contribution < -0.4 is 0 Å². The van der Waals surface area contributed by atoms with Crippen LogP contribution in [0.5, 0.6) is 0 Å². The lowest BCUT2D eigenvalue weighted by Gasteiger charge is -2.23. The maximum Gasteiger partial charge on any atom is 0.318 e. The molecule has 0 radical (unpaired) electrons. The second-order valence-corrected chi connectivity index (χ2v) is 7.26. The van der Waals surface area contributed by atoms with E-state index in [-0.39, 0.29) is 17.4 Å². The van der Waals surface area contributed by atoms with E-state index in [1.54, 1.807) is 19.1 Å². The average molecular weight is 299 g/mol. The van der Waals surface area contributed by atoms with Gasteiger partial charge in [-0.25, -0.2) is 8.42 Å². The van der Waals surface area contributed by atoms with Crippen molar-refractivity contribution in [3.63, 3.8) is 0 Å². The molecule has 0 aromatic heterocycles. The number of carboxylic acids is 1. The predicted octanol–water partition coefficient (Wildman–Crippen LogP) is 2.03. The first-order chi connectivity index (χ1) is 9.14. The van der Waals surface area contributed by atoms with Crippen LogP contribution in [-0.2, 0) is 14.8 Å². The summed E-state index contributed by atoms with van der Waals surface area (Å²) in [5.41, 5.74) is 1.45. The van der Waals surface area contributed by atoms with Gasteiger partial charge in [0.1, 0.15) is 6.54 Å². The Hall–Kier alpha value is -1.40. The number of carboxylic acid groups (broad SMARTS) is 1. The molecule has 0 unspecified atom stereocenters. The van der Waals surface area contributed by atoms with E-state index in [2.05, 4.69) is 0 Å². The first-order valence-corrected chi connectivity index (χ1v) is 7.87. The highest BCUT2D eigenvalue weighted by molar-refractivity contribution is 7.89. The quantitative estimate of drug-likeness (QED) is 0.872. The zero-order valence-corrected chi connectivity index (χ0v) is 13.1. The summed E-state index contributed by atoms with van der Waals surface area (Å²) in [4.78, 5) is 11.1. The van der Waals surface area contributed by atoms with Crippen molar-refractivity contribution in [1.29, 1.82) is 0 Å². The lowest BCUT2D eigenvalue weighted by molar-refractivity contribution is -0.137. The summed E-state index contributed by atoms with van der Waals surface area (Å²) in [5, 5.41) is 8.92. The molecule has 0 spiro atoms. The van der Waals surface area contributed by atoms with Gasteiger partial charge in [0.05, 0.1) is 4.90 Å². The molecule has 1 aromatic rings. The standard InChI is InChI=1S/C14H21NO4S/c1-10(2)8-15(9-14(16)17)20(18,19)13-7-11(3)5-6-12(13)4/h5-7,10H,8-9H2,1-4H3,(H,16,17). The predicted molar refractivity (Wildman–Crippen MR) is 77.1 cm³/mol. The van der Waals surface area contributed by atoms with Gasteiger partial charge in [0.2, 0.25) is 10.0 Å². The second-order valence-electron chi connectivity index (χ2n) is 5.35. The summed E-state index contributed by atoms with van der Waals surface area (Å²) in [6, 6.07) is 5.15. The summed E-state index contributed by atoms with van der Waals surface area (Å²) in [6.45, 7) is 6.89. The Bertz CT molecular complexity index is 593. The van der Waals surface area contributed by atoms with Gasteiger partial charge in [-0.3, -0.25) is 4.79 Å². The molecule has 1 N–H and O–H groups in total. The molecule has 0 fully saturated rings. The zero-order chi connectivity index (χ0) is 15.5. The fourth-order valence-corrected chi connectivity index (χ4v) is 3.79. The Kier molecular flexibility index (Phi) is 5.30. The fourth-order valence-electron chi connectivity index (χ4n) is 1.93. The number of aliphatic carboxylic acids is 1. The van der Waals surface area contributed by atoms with Crippen LogP contribution in [0, 0.1) is 19.8 Å². The Morgan fingerprint density at radius 1 is 1.30 bits per heavy atom. The van der Waals surface area contributed by atoms with E-state index in [0.29, 0.717) is 5.56 Å². The minimum Gasteiger partial charge on any atom is -0.480 e. The zero-order valence-electron chi connectivity index (χ0n) is 12.3. The first-order valence-electron chi connectivity index (χ1n) is 6.43. The Morgan fingerprint density at radius 3 is 2.40 bits per heavy atom. The van der Waals surface area contributed by atoms with E-state index in [0.717, 1.165) is 9.87 Å². The van der Waals surface area contributed by atoms with Gasteiger partial charge in [0.25, 0.3) is 0 Å². The van der Waals surface area contributed by atoms with Gasteiger partial charge >= 0.3 is 5.97 Å². The molecular formula is C14H21NO4S. The van der Waals surface area contributed by atoms with Crippen molar-refractivity contribution in [2.24, 2.45) is 5.92 Å². The van der Waals surface area contributed by atoms with Gasteiger partial charge in [0.15, 0.2) is 0 Å². The van der Waals surface area contributed by atoms with Crippen LogP contribution in [0.3, 0.4) is 0 Å². The van der Waals surface area contributed by atoms with Gasteiger partial charge in [-0.1, -0.05) is 26.0 Å². The fraction of sp³-hybridized carbons (Fsp3) is 0.500. The van der Waals surface area contributed by atoms with Crippen molar-refractivity contribution in [3.05, 3.63) is 29.3 Å². The monoisotopic (exact) mass is 299 g/mol. The Morgan fingerprint density at radius 2 is 1.90 bits per heavy atom. The molecule has 0 aliphatic rings. The van der Waals surface area contributed by atoms with Crippen molar-refractivity contribution in [1.82, 2.24) is 4.31 Å². The van der Waals surface area contributed by atoms with Gasteiger partial charge in [-0.05, 0) is 37.0 Å². The average Bonchev–Trinajstić information content (AvgIpc) is 2.30. The third kappa shape index (κ3) is 4.05. The van der Waals surface area contributed by atoms with Crippen molar-refractivity contribution in [2.45, 2.75) is 32.6 Å². The highest BCUT2D eigenvalue weighted by atomic mass is 32.2. The molecule has 0 aliphatic carbocycles. The van der Waals surface area contributed by atoms with Gasteiger partial charge in [0, 0.05) is 6.54 Å². The van der Waals surface area contributed by atoms with Crippen LogP contribution >= 0.6 is 0 Å². The molecule has 0 aliphatic heterocycles. The maximum atomic E-state index is 12.6. The van der Waals surface area contributed by atoms with Crippen molar-refractivity contribution in [3.8, 4) is 0 Å². The van der Waals surface area contributed by atoms with E-state index in [9.17, 15) is 13.2 Å². The summed E-state index contributed by atoms with van der Waals surface area (Å²) < 4.78 is 26.3. The number of benzene rings is 1. The molecule has 0 saturated carbocycles. The van der Waals surface area contributed by atoms with Crippen LogP contribution in [0.4, 0.5) is 0 Å². The van der Waals surface area contributed by atoms with Crippen LogP contribution in [0.1, 0.15) is 25.0 Å². The lowest BCUT2D eigenvalue weighted by atomic mass is 10.2. The lowest BCUT2D eigenvalue weighted by Crippen LogP contribution is -2.38. The molecule has 20 heavy (non-hydrogen) atoms. The summed E-state index contributed by atoms with van der Waals surface area (Å²) in [5.74, 6) is -1.10. The van der Waals surface area contributed by atoms with E-state index in [1.807, 2.05) is 26.8 Å². The van der Waals surface area contributed by atoms with Crippen LogP contribution in [0.2, 0.25) is 0 Å². The second kappa shape index (κ2) is 6.37. The number of hydrogen-bond donors (Lipinski definition) is 1. The highest BCUT2D eigenvalue weighted by Gasteiger charge is 2.28. The number of carbonyl (C=O) groups is 1. The first kappa shape index (κ1) is 16.7. The van der Waals surface area contributed by atoms with Crippen LogP contribution in [-0.4, -0.2) is 36.9 Å². The Balaban J connectivity index is 3.28. The van der Waals surface area contributed by atoms with Crippen molar-refractivity contribution in [2.75, 3.05) is 13.1 Å². The van der Waals surface area contributed by atoms with Gasteiger partial charge < -0.3 is 5.11 Å². The molecule has 0 amide bonds. The highest BCUT2D eigenvalue weighted by Crippen LogP contribution is 2.22. The molecule has 1 rings (SSSR count). The van der Waals surface area contributed by atoms with E-state index >= 15 is 0 Å². The molecule has 0 atom stereocenters. The largest absolute Gasteiger partial charge is 0.480 e. The maximum absolute atomic E-state index is 12.6. The third-order valence-electron chi connectivity index (χ3n) is 2.84. The SMILES string of the molecule is Cc1ccc(C)c(S(=O)(=O)N(CC(=O)O)CC(C)C)c1. The van der Waals surface area contributed by atoms with Crippen LogP contribution in [0.25, 0.3) is 0 Å². The minimum absolute atomic E-state index is 0.0502. The van der Waals surface area contributed by atoms with Crippen molar-refractivity contribution >= 4 is 16.0 Å². The summed E-state index contributed by atoms with van der Waals surface area (Å²) in [6.07, 6.45) is 0. The van der Waals surface area contributed by atoms with E-state index < -0.39 is 22.5 Å². The van der Waals surface area contributed by atoms with E-state index in [1.165, 1.54) is 0 Å². The molecule has 1 aromatic carbocycles. The van der Waals surface area contributed by atoms with E-state index in [4.69, 9.17) is 5.11 Å².